The van der Waals surface area contributed by atoms with Crippen molar-refractivity contribution in [1.82, 2.24) is 19.9 Å². The van der Waals surface area contributed by atoms with Gasteiger partial charge in [-0.25, -0.2) is 13.9 Å². The van der Waals surface area contributed by atoms with Gasteiger partial charge in [-0.3, -0.25) is 4.90 Å². The standard InChI is InChI=1S/C14H15FN4O2/c1-9(11-4-2-3-5-12(11)15)18-6-10(7-18)19-8-13(14(20)21)16-17-19/h2-5,8-10H,6-7H2,1H3,(H,20,21). The van der Waals surface area contributed by atoms with E-state index in [1.807, 2.05) is 13.0 Å². The molecular formula is C14H15FN4O2. The van der Waals surface area contributed by atoms with Crippen LogP contribution in [-0.2, 0) is 0 Å². The highest BCUT2D eigenvalue weighted by Gasteiger charge is 2.34. The first-order chi connectivity index (χ1) is 10.1. The van der Waals surface area contributed by atoms with Crippen molar-refractivity contribution in [3.8, 4) is 0 Å². The Morgan fingerprint density at radius 1 is 1.43 bits per heavy atom. The van der Waals surface area contributed by atoms with Crippen molar-refractivity contribution in [2.24, 2.45) is 0 Å². The van der Waals surface area contributed by atoms with E-state index in [9.17, 15) is 9.18 Å². The lowest BCUT2D eigenvalue weighted by Crippen LogP contribution is -2.49. The molecule has 1 unspecified atom stereocenters. The Labute approximate surface area is 120 Å². The smallest absolute Gasteiger partial charge is 0.358 e. The highest BCUT2D eigenvalue weighted by atomic mass is 19.1. The van der Waals surface area contributed by atoms with Crippen molar-refractivity contribution in [1.29, 1.82) is 0 Å². The van der Waals surface area contributed by atoms with Crippen LogP contribution in [0.3, 0.4) is 0 Å². The van der Waals surface area contributed by atoms with Crippen molar-refractivity contribution in [3.63, 3.8) is 0 Å². The lowest BCUT2D eigenvalue weighted by Gasteiger charge is -2.43. The molecule has 1 saturated heterocycles. The molecule has 110 valence electrons. The molecule has 1 N–H and O–H groups in total. The van der Waals surface area contributed by atoms with Gasteiger partial charge in [0.05, 0.1) is 12.2 Å². The minimum atomic E-state index is -1.09. The van der Waals surface area contributed by atoms with E-state index in [4.69, 9.17) is 5.11 Å². The Morgan fingerprint density at radius 2 is 2.14 bits per heavy atom. The number of likely N-dealkylation sites (tertiary alicyclic amines) is 1. The molecule has 0 aliphatic carbocycles. The van der Waals surface area contributed by atoms with Crippen molar-refractivity contribution < 1.29 is 14.3 Å². The average molecular weight is 290 g/mol. The fraction of sp³-hybridized carbons (Fsp3) is 0.357. The molecule has 0 amide bonds. The summed E-state index contributed by atoms with van der Waals surface area (Å²) < 4.78 is 15.3. The Hall–Kier alpha value is -2.28. The number of carbonyl (C=O) groups is 1. The number of hydrogen-bond donors (Lipinski definition) is 1. The molecule has 21 heavy (non-hydrogen) atoms. The van der Waals surface area contributed by atoms with Crippen LogP contribution in [0.4, 0.5) is 4.39 Å². The lowest BCUT2D eigenvalue weighted by atomic mass is 10.0. The number of aromatic nitrogens is 3. The first kappa shape index (κ1) is 13.7. The highest BCUT2D eigenvalue weighted by Crippen LogP contribution is 2.31. The third-order valence-electron chi connectivity index (χ3n) is 3.90. The summed E-state index contributed by atoms with van der Waals surface area (Å²) in [6.07, 6.45) is 1.43. The fourth-order valence-electron chi connectivity index (χ4n) is 2.54. The molecular weight excluding hydrogens is 275 g/mol. The summed E-state index contributed by atoms with van der Waals surface area (Å²) >= 11 is 0. The third-order valence-corrected chi connectivity index (χ3v) is 3.90. The van der Waals surface area contributed by atoms with E-state index >= 15 is 0 Å². The summed E-state index contributed by atoms with van der Waals surface area (Å²) in [5, 5.41) is 16.2. The zero-order chi connectivity index (χ0) is 15.0. The summed E-state index contributed by atoms with van der Waals surface area (Å²) in [6.45, 7) is 3.34. The van der Waals surface area contributed by atoms with Gasteiger partial charge >= 0.3 is 5.97 Å². The molecule has 3 rings (SSSR count). The third kappa shape index (κ3) is 2.52. The zero-order valence-corrected chi connectivity index (χ0v) is 11.5. The van der Waals surface area contributed by atoms with E-state index in [0.29, 0.717) is 18.7 Å². The normalized spacial score (nSPS) is 17.4. The summed E-state index contributed by atoms with van der Waals surface area (Å²) in [7, 11) is 0. The molecule has 0 spiro atoms. The van der Waals surface area contributed by atoms with Crippen LogP contribution < -0.4 is 0 Å². The fourth-order valence-corrected chi connectivity index (χ4v) is 2.54. The lowest BCUT2D eigenvalue weighted by molar-refractivity contribution is 0.0571. The van der Waals surface area contributed by atoms with Crippen LogP contribution in [0.1, 0.15) is 35.1 Å². The van der Waals surface area contributed by atoms with E-state index in [1.165, 1.54) is 12.3 Å². The number of rotatable bonds is 4. The molecule has 0 radical (unpaired) electrons. The van der Waals surface area contributed by atoms with Crippen molar-refractivity contribution in [2.45, 2.75) is 19.0 Å². The van der Waals surface area contributed by atoms with Crippen LogP contribution in [-0.4, -0.2) is 44.1 Å². The molecule has 1 fully saturated rings. The Balaban J connectivity index is 1.65. The second kappa shape index (κ2) is 5.25. The van der Waals surface area contributed by atoms with E-state index in [1.54, 1.807) is 16.8 Å². The average Bonchev–Trinajstić information content (AvgIpc) is 2.87. The molecule has 2 heterocycles. The maximum absolute atomic E-state index is 13.8. The topological polar surface area (TPSA) is 71.2 Å². The second-order valence-corrected chi connectivity index (χ2v) is 5.19. The molecule has 0 saturated carbocycles. The monoisotopic (exact) mass is 290 g/mol. The van der Waals surface area contributed by atoms with Crippen molar-refractivity contribution >= 4 is 5.97 Å². The van der Waals surface area contributed by atoms with E-state index in [2.05, 4.69) is 15.2 Å². The van der Waals surface area contributed by atoms with Crippen LogP contribution in [0, 0.1) is 5.82 Å². The number of nitrogens with zero attached hydrogens (tertiary/aromatic N) is 4. The van der Waals surface area contributed by atoms with Gasteiger partial charge in [0.1, 0.15) is 5.82 Å². The Morgan fingerprint density at radius 3 is 2.76 bits per heavy atom. The number of hydrogen-bond acceptors (Lipinski definition) is 4. The molecule has 1 atom stereocenters. The van der Waals surface area contributed by atoms with Crippen LogP contribution in [0.15, 0.2) is 30.5 Å². The van der Waals surface area contributed by atoms with E-state index < -0.39 is 5.97 Å². The van der Waals surface area contributed by atoms with E-state index in [-0.39, 0.29) is 23.6 Å². The second-order valence-electron chi connectivity index (χ2n) is 5.19. The summed E-state index contributed by atoms with van der Waals surface area (Å²) in [5.74, 6) is -1.29. The van der Waals surface area contributed by atoms with Gasteiger partial charge in [0, 0.05) is 24.7 Å². The Bertz CT molecular complexity index is 666. The summed E-state index contributed by atoms with van der Waals surface area (Å²) in [5.41, 5.74) is 0.608. The van der Waals surface area contributed by atoms with Crippen molar-refractivity contribution in [3.05, 3.63) is 47.5 Å². The SMILES string of the molecule is CC(c1ccccc1F)N1CC(n2cc(C(=O)O)nn2)C1. The van der Waals surface area contributed by atoms with Crippen LogP contribution in [0.2, 0.25) is 0 Å². The van der Waals surface area contributed by atoms with Gasteiger partial charge in [-0.2, -0.15) is 0 Å². The molecule has 0 bridgehead atoms. The zero-order valence-electron chi connectivity index (χ0n) is 11.5. The minimum Gasteiger partial charge on any atom is -0.476 e. The predicted molar refractivity (Wildman–Crippen MR) is 72.4 cm³/mol. The molecule has 7 heteroatoms. The molecule has 2 aromatic rings. The minimum absolute atomic E-state index is 0.0232. The molecule has 1 aromatic heterocycles. The quantitative estimate of drug-likeness (QED) is 0.928. The molecule has 1 aliphatic rings. The molecule has 6 nitrogen and oxygen atoms in total. The highest BCUT2D eigenvalue weighted by molar-refractivity contribution is 5.84. The number of benzene rings is 1. The molecule has 1 aromatic carbocycles. The van der Waals surface area contributed by atoms with Gasteiger partial charge in [0.15, 0.2) is 5.69 Å². The largest absolute Gasteiger partial charge is 0.476 e. The van der Waals surface area contributed by atoms with Gasteiger partial charge in [-0.15, -0.1) is 5.10 Å². The maximum atomic E-state index is 13.8. The van der Waals surface area contributed by atoms with Gasteiger partial charge in [0.25, 0.3) is 0 Å². The van der Waals surface area contributed by atoms with Gasteiger partial charge in [-0.1, -0.05) is 23.4 Å². The summed E-state index contributed by atoms with van der Waals surface area (Å²) in [4.78, 5) is 12.9. The van der Waals surface area contributed by atoms with E-state index in [0.717, 1.165) is 0 Å². The summed E-state index contributed by atoms with van der Waals surface area (Å²) in [6, 6.07) is 6.80. The van der Waals surface area contributed by atoms with Crippen LogP contribution >= 0.6 is 0 Å². The van der Waals surface area contributed by atoms with Gasteiger partial charge in [-0.05, 0) is 13.0 Å². The predicted octanol–water partition coefficient (Wildman–Crippen LogP) is 1.73. The number of carboxylic acids is 1. The first-order valence-electron chi connectivity index (χ1n) is 6.70. The number of halogens is 1. The Kier molecular flexibility index (Phi) is 3.42. The maximum Gasteiger partial charge on any atom is 0.358 e. The number of carboxylic acid groups (broad SMARTS) is 1. The van der Waals surface area contributed by atoms with Crippen LogP contribution in [0.25, 0.3) is 0 Å². The number of aromatic carboxylic acids is 1. The van der Waals surface area contributed by atoms with Gasteiger partial charge in [0.2, 0.25) is 0 Å². The van der Waals surface area contributed by atoms with Crippen molar-refractivity contribution in [2.75, 3.05) is 13.1 Å². The molecule has 1 aliphatic heterocycles. The first-order valence-corrected chi connectivity index (χ1v) is 6.70. The van der Waals surface area contributed by atoms with Crippen LogP contribution in [0.5, 0.6) is 0 Å². The van der Waals surface area contributed by atoms with Gasteiger partial charge < -0.3 is 5.11 Å².